The molecule has 2 amide bonds. The number of hydrogen-bond acceptors (Lipinski definition) is 4. The van der Waals surface area contributed by atoms with Gasteiger partial charge in [-0.1, -0.05) is 48.5 Å². The Morgan fingerprint density at radius 3 is 2.21 bits per heavy atom. The van der Waals surface area contributed by atoms with E-state index in [2.05, 4.69) is 29.6 Å². The normalized spacial score (nSPS) is 17.9. The molecule has 1 unspecified atom stereocenters. The van der Waals surface area contributed by atoms with Gasteiger partial charge in [0.15, 0.2) is 0 Å². The molecule has 34 heavy (non-hydrogen) atoms. The van der Waals surface area contributed by atoms with Gasteiger partial charge >= 0.3 is 12.1 Å². The van der Waals surface area contributed by atoms with E-state index >= 15 is 0 Å². The Labute approximate surface area is 199 Å². The lowest BCUT2D eigenvalue weighted by molar-refractivity contribution is -0.139. The molecule has 0 bridgehead atoms. The summed E-state index contributed by atoms with van der Waals surface area (Å²) < 4.78 is 5.67. The zero-order chi connectivity index (χ0) is 23.7. The molecule has 3 aliphatic rings. The molecule has 2 aromatic carbocycles. The molecule has 2 aromatic rings. The van der Waals surface area contributed by atoms with Gasteiger partial charge < -0.3 is 20.1 Å². The smallest absolute Gasteiger partial charge is 0.407 e. The van der Waals surface area contributed by atoms with E-state index in [1.165, 1.54) is 22.3 Å². The van der Waals surface area contributed by atoms with Crippen LogP contribution >= 0.6 is 0 Å². The molecule has 7 heteroatoms. The molecular formula is C27H30N2O5. The monoisotopic (exact) mass is 462 g/mol. The molecule has 1 aliphatic heterocycles. The van der Waals surface area contributed by atoms with Gasteiger partial charge in [0.25, 0.3) is 0 Å². The number of alkyl carbamates (subject to hydrolysis) is 1. The van der Waals surface area contributed by atoms with Gasteiger partial charge in [-0.15, -0.1) is 0 Å². The predicted octanol–water partition coefficient (Wildman–Crippen LogP) is 4.02. The topological polar surface area (TPSA) is 95.9 Å². The number of carboxylic acids is 1. The summed E-state index contributed by atoms with van der Waals surface area (Å²) in [6.45, 7) is 1.46. The molecule has 0 aromatic heterocycles. The van der Waals surface area contributed by atoms with Crippen LogP contribution in [-0.4, -0.2) is 53.7 Å². The lowest BCUT2D eigenvalue weighted by atomic mass is 9.93. The first-order chi connectivity index (χ1) is 16.5. The molecule has 1 saturated carbocycles. The summed E-state index contributed by atoms with van der Waals surface area (Å²) in [4.78, 5) is 37.9. The van der Waals surface area contributed by atoms with Crippen LogP contribution in [0.1, 0.15) is 49.1 Å². The van der Waals surface area contributed by atoms with Gasteiger partial charge in [-0.05, 0) is 53.4 Å². The van der Waals surface area contributed by atoms with E-state index < -0.39 is 12.1 Å². The Morgan fingerprint density at radius 2 is 1.62 bits per heavy atom. The first-order valence-electron chi connectivity index (χ1n) is 12.1. The van der Waals surface area contributed by atoms with E-state index in [0.717, 1.165) is 12.8 Å². The van der Waals surface area contributed by atoms with Crippen LogP contribution < -0.4 is 5.32 Å². The van der Waals surface area contributed by atoms with Crippen molar-refractivity contribution in [2.75, 3.05) is 19.7 Å². The van der Waals surface area contributed by atoms with E-state index in [-0.39, 0.29) is 43.2 Å². The number of amides is 2. The molecule has 1 saturated heterocycles. The van der Waals surface area contributed by atoms with Gasteiger partial charge in [-0.3, -0.25) is 9.59 Å². The van der Waals surface area contributed by atoms with Crippen LogP contribution in [0, 0.1) is 11.8 Å². The quantitative estimate of drug-likeness (QED) is 0.587. The van der Waals surface area contributed by atoms with E-state index in [1.807, 2.05) is 24.3 Å². The number of benzene rings is 2. The second kappa shape index (κ2) is 9.49. The molecule has 2 N–H and O–H groups in total. The van der Waals surface area contributed by atoms with Crippen molar-refractivity contribution >= 4 is 18.0 Å². The highest BCUT2D eigenvalue weighted by molar-refractivity contribution is 5.80. The van der Waals surface area contributed by atoms with Gasteiger partial charge in [0.05, 0.1) is 0 Å². The molecule has 2 aliphatic carbocycles. The fraction of sp³-hybridized carbons (Fsp3) is 0.444. The number of nitrogens with zero attached hydrogens (tertiary/aromatic N) is 1. The third-order valence-corrected chi connectivity index (χ3v) is 7.31. The summed E-state index contributed by atoms with van der Waals surface area (Å²) in [5.41, 5.74) is 4.70. The molecular weight excluding hydrogens is 432 g/mol. The van der Waals surface area contributed by atoms with Crippen molar-refractivity contribution in [1.82, 2.24) is 10.2 Å². The van der Waals surface area contributed by atoms with Crippen LogP contribution in [0.5, 0.6) is 0 Å². The maximum Gasteiger partial charge on any atom is 0.407 e. The number of fused-ring (bicyclic) bond motifs is 3. The Morgan fingerprint density at radius 1 is 1.00 bits per heavy atom. The minimum Gasteiger partial charge on any atom is -0.481 e. The number of aliphatic carboxylic acids is 1. The number of carboxylic acid groups (broad SMARTS) is 1. The summed E-state index contributed by atoms with van der Waals surface area (Å²) in [5.74, 6) is -0.209. The minimum atomic E-state index is -0.800. The van der Waals surface area contributed by atoms with E-state index in [9.17, 15) is 14.4 Å². The molecule has 178 valence electrons. The zero-order valence-electron chi connectivity index (χ0n) is 19.1. The summed E-state index contributed by atoms with van der Waals surface area (Å²) >= 11 is 0. The van der Waals surface area contributed by atoms with Crippen molar-refractivity contribution in [2.24, 2.45) is 11.8 Å². The fourth-order valence-corrected chi connectivity index (χ4v) is 5.23. The Bertz CT molecular complexity index is 1040. The Balaban J connectivity index is 1.14. The van der Waals surface area contributed by atoms with Crippen molar-refractivity contribution in [3.8, 4) is 11.1 Å². The average molecular weight is 463 g/mol. The van der Waals surface area contributed by atoms with E-state index in [4.69, 9.17) is 9.84 Å². The number of hydrogen-bond donors (Lipinski definition) is 2. The van der Waals surface area contributed by atoms with Gasteiger partial charge in [0.1, 0.15) is 6.61 Å². The number of rotatable bonds is 9. The second-order valence-corrected chi connectivity index (χ2v) is 9.72. The van der Waals surface area contributed by atoms with E-state index in [0.29, 0.717) is 25.4 Å². The summed E-state index contributed by atoms with van der Waals surface area (Å²) in [7, 11) is 0. The molecule has 5 rings (SSSR count). The maximum atomic E-state index is 12.7. The molecule has 0 spiro atoms. The summed E-state index contributed by atoms with van der Waals surface area (Å²) in [6, 6.07) is 16.2. The highest BCUT2D eigenvalue weighted by atomic mass is 16.5. The average Bonchev–Trinajstić information content (AvgIpc) is 3.59. The van der Waals surface area contributed by atoms with Gasteiger partial charge in [-0.25, -0.2) is 4.79 Å². The lowest BCUT2D eigenvalue weighted by Crippen LogP contribution is -2.52. The number of likely N-dealkylation sites (tertiary alicyclic amines) is 1. The molecule has 0 radical (unpaired) electrons. The van der Waals surface area contributed by atoms with Gasteiger partial charge in [0, 0.05) is 37.9 Å². The van der Waals surface area contributed by atoms with Gasteiger partial charge in [0.2, 0.25) is 5.91 Å². The predicted molar refractivity (Wildman–Crippen MR) is 126 cm³/mol. The number of carbonyl (C=O) groups is 3. The Kier molecular flexibility index (Phi) is 6.26. The standard InChI is InChI=1S/C27H30N2O5/c30-25(29-14-17(15-29)9-12-26(31)32)13-24(18-10-11-18)28-27(33)34-16-23-21-7-3-1-5-19(21)20-6-2-4-8-22(20)23/h1-8,17-18,23-24H,9-16H2,(H,28,33)(H,31,32). The largest absolute Gasteiger partial charge is 0.481 e. The van der Waals surface area contributed by atoms with Crippen molar-refractivity contribution < 1.29 is 24.2 Å². The first kappa shape index (κ1) is 22.4. The van der Waals surface area contributed by atoms with Crippen LogP contribution in [-0.2, 0) is 14.3 Å². The first-order valence-corrected chi connectivity index (χ1v) is 12.1. The fourth-order valence-electron chi connectivity index (χ4n) is 5.23. The van der Waals surface area contributed by atoms with Crippen molar-refractivity contribution in [3.05, 3.63) is 59.7 Å². The van der Waals surface area contributed by atoms with Gasteiger partial charge in [-0.2, -0.15) is 0 Å². The zero-order valence-corrected chi connectivity index (χ0v) is 19.1. The third-order valence-electron chi connectivity index (χ3n) is 7.31. The SMILES string of the molecule is O=C(O)CCC1CN(C(=O)CC(NC(=O)OCC2c3ccccc3-c3ccccc32)C2CC2)C1. The van der Waals surface area contributed by atoms with Crippen molar-refractivity contribution in [3.63, 3.8) is 0 Å². The minimum absolute atomic E-state index is 0.00276. The molecule has 7 nitrogen and oxygen atoms in total. The highest BCUT2D eigenvalue weighted by Crippen LogP contribution is 2.44. The lowest BCUT2D eigenvalue weighted by Gasteiger charge is -2.40. The number of carbonyl (C=O) groups excluding carboxylic acids is 2. The number of nitrogens with one attached hydrogen (secondary N) is 1. The van der Waals surface area contributed by atoms with Crippen LogP contribution in [0.15, 0.2) is 48.5 Å². The van der Waals surface area contributed by atoms with Crippen LogP contribution in [0.3, 0.4) is 0 Å². The third kappa shape index (κ3) is 4.79. The van der Waals surface area contributed by atoms with Crippen LogP contribution in [0.2, 0.25) is 0 Å². The summed E-state index contributed by atoms with van der Waals surface area (Å²) in [5, 5.41) is 11.8. The maximum absolute atomic E-state index is 12.7. The molecule has 2 fully saturated rings. The Hall–Kier alpha value is -3.35. The number of ether oxygens (including phenoxy) is 1. The molecule has 1 heterocycles. The highest BCUT2D eigenvalue weighted by Gasteiger charge is 2.38. The second-order valence-electron chi connectivity index (χ2n) is 9.72. The van der Waals surface area contributed by atoms with Crippen molar-refractivity contribution in [1.29, 1.82) is 0 Å². The van der Waals surface area contributed by atoms with Crippen LogP contribution in [0.4, 0.5) is 4.79 Å². The van der Waals surface area contributed by atoms with E-state index in [1.54, 1.807) is 4.90 Å². The molecule has 1 atom stereocenters. The van der Waals surface area contributed by atoms with Crippen molar-refractivity contribution in [2.45, 2.75) is 44.1 Å². The summed E-state index contributed by atoms with van der Waals surface area (Å²) in [6.07, 6.45) is 2.53. The van der Waals surface area contributed by atoms with Crippen LogP contribution in [0.25, 0.3) is 11.1 Å².